The molecule has 1 saturated carbocycles. The molecule has 1 aromatic heterocycles. The molecule has 3 saturated heterocycles. The molecule has 3 aliphatic carbocycles. The molecule has 0 unspecified atom stereocenters. The molecule has 3 aliphatic heterocycles. The van der Waals surface area contributed by atoms with Crippen LogP contribution in [0.5, 0.6) is 0 Å². The second kappa shape index (κ2) is 17.8. The number of thiazole rings is 1. The number of aryl methyl sites for hydroxylation is 1. The normalized spacial score (nSPS) is 43.2. The lowest BCUT2D eigenvalue weighted by Crippen LogP contribution is -2.59. The number of ether oxygens (including phenoxy) is 8. The first-order chi connectivity index (χ1) is 26.9. The molecule has 314 valence electrons. The van der Waals surface area contributed by atoms with Gasteiger partial charge >= 0.3 is 5.97 Å². The number of nitrogens with zero attached hydrogens (tertiary/aromatic N) is 2. The first-order valence-electron chi connectivity index (χ1n) is 21.2. The topological polar surface area (TPSA) is 124 Å². The fourth-order valence-corrected chi connectivity index (χ4v) is 12.4. The summed E-state index contributed by atoms with van der Waals surface area (Å²) in [5.74, 6) is -0.564. The van der Waals surface area contributed by atoms with Crippen LogP contribution in [0, 0.1) is 30.6 Å². The van der Waals surface area contributed by atoms with Crippen LogP contribution in [0.15, 0.2) is 11.6 Å². The van der Waals surface area contributed by atoms with Gasteiger partial charge in [0.05, 0.1) is 41.5 Å². The number of esters is 1. The van der Waals surface area contributed by atoms with Gasteiger partial charge in [0, 0.05) is 55.9 Å². The molecule has 0 bridgehead atoms. The van der Waals surface area contributed by atoms with Crippen molar-refractivity contribution >= 4 is 23.1 Å². The summed E-state index contributed by atoms with van der Waals surface area (Å²) in [5.41, 5.74) is 1.77. The smallest absolute Gasteiger partial charge is 0.306 e. The van der Waals surface area contributed by atoms with Gasteiger partial charge in [0.15, 0.2) is 18.4 Å². The largest absolute Gasteiger partial charge is 0.462 e. The third kappa shape index (κ3) is 8.19. The number of methoxy groups -OCH3 is 3. The number of fused-ring (bicyclic) bond motifs is 8. The van der Waals surface area contributed by atoms with Crippen molar-refractivity contribution in [1.82, 2.24) is 9.88 Å². The fraction of sp³-hybridized carbons (Fsp3) is 0.837. The Bertz CT molecular complexity index is 1570. The molecule has 4 fully saturated rings. The zero-order valence-corrected chi connectivity index (χ0v) is 36.0. The van der Waals surface area contributed by atoms with Gasteiger partial charge in [-0.05, 0) is 104 Å². The van der Waals surface area contributed by atoms with Crippen LogP contribution in [0.1, 0.15) is 113 Å². The minimum absolute atomic E-state index is 0.0231. The van der Waals surface area contributed by atoms with Crippen LogP contribution in [-0.2, 0) is 47.5 Å². The molecule has 0 aromatic carbocycles. The van der Waals surface area contributed by atoms with Gasteiger partial charge < -0.3 is 42.8 Å². The van der Waals surface area contributed by atoms with Crippen LogP contribution in [0.4, 0.5) is 0 Å². The number of hydrogen-bond acceptors (Lipinski definition) is 13. The number of carbonyl (C=O) groups is 2. The molecule has 1 aromatic rings. The molecule has 13 heteroatoms. The predicted molar refractivity (Wildman–Crippen MR) is 210 cm³/mol. The number of hydrogen-bond donors (Lipinski definition) is 0. The van der Waals surface area contributed by atoms with Crippen molar-refractivity contribution in [3.05, 3.63) is 27.2 Å². The first kappa shape index (κ1) is 42.3. The molecule has 17 atom stereocenters. The highest BCUT2D eigenvalue weighted by Gasteiger charge is 2.57. The highest BCUT2D eigenvalue weighted by molar-refractivity contribution is 7.11. The first-order valence-corrected chi connectivity index (χ1v) is 22.0. The average molecular weight is 803 g/mol. The van der Waals surface area contributed by atoms with E-state index in [1.54, 1.807) is 32.7 Å². The zero-order valence-electron chi connectivity index (χ0n) is 35.1. The second-order valence-corrected chi connectivity index (χ2v) is 18.7. The van der Waals surface area contributed by atoms with Crippen LogP contribution in [0.25, 0.3) is 0 Å². The van der Waals surface area contributed by atoms with Gasteiger partial charge in [-0.15, -0.1) is 11.3 Å². The van der Waals surface area contributed by atoms with Crippen LogP contribution in [-0.4, -0.2) is 125 Å². The Kier molecular flexibility index (Phi) is 13.5. The molecule has 56 heavy (non-hydrogen) atoms. The van der Waals surface area contributed by atoms with E-state index in [0.717, 1.165) is 61.2 Å². The van der Waals surface area contributed by atoms with Crippen molar-refractivity contribution in [3.63, 3.8) is 0 Å². The number of carbonyl (C=O) groups excluding carboxylic acids is 2. The van der Waals surface area contributed by atoms with E-state index in [1.165, 1.54) is 4.88 Å². The Hall–Kier alpha value is -1.81. The van der Waals surface area contributed by atoms with E-state index in [0.29, 0.717) is 12.5 Å². The lowest BCUT2D eigenvalue weighted by Gasteiger charge is -2.44. The molecule has 0 N–H and O–H groups in total. The van der Waals surface area contributed by atoms with Crippen molar-refractivity contribution < 1.29 is 47.5 Å². The van der Waals surface area contributed by atoms with Gasteiger partial charge in [0.25, 0.3) is 0 Å². The van der Waals surface area contributed by atoms with Crippen molar-refractivity contribution in [3.8, 4) is 0 Å². The summed E-state index contributed by atoms with van der Waals surface area (Å²) in [7, 11) is 9.16. The molecule has 6 aliphatic rings. The Balaban J connectivity index is 1.18. The van der Waals surface area contributed by atoms with E-state index in [-0.39, 0.29) is 96.8 Å². The molecule has 0 spiro atoms. The fourth-order valence-electron chi connectivity index (χ4n) is 11.2. The lowest BCUT2D eigenvalue weighted by molar-refractivity contribution is -0.314. The Morgan fingerprint density at radius 2 is 1.64 bits per heavy atom. The summed E-state index contributed by atoms with van der Waals surface area (Å²) in [5, 5.41) is 0.998. The van der Waals surface area contributed by atoms with Gasteiger partial charge in [0.2, 0.25) is 0 Å². The number of Topliss-reactive ketones (excluding diaryl/α,β-unsaturated/α-hetero) is 1. The summed E-state index contributed by atoms with van der Waals surface area (Å²) >= 11 is 1.75. The van der Waals surface area contributed by atoms with E-state index in [9.17, 15) is 9.59 Å². The second-order valence-electron chi connectivity index (χ2n) is 17.5. The van der Waals surface area contributed by atoms with Crippen molar-refractivity contribution in [1.29, 1.82) is 0 Å². The van der Waals surface area contributed by atoms with Gasteiger partial charge in [-0.3, -0.25) is 9.59 Å². The third-order valence-electron chi connectivity index (χ3n) is 14.0. The van der Waals surface area contributed by atoms with Crippen LogP contribution >= 0.6 is 11.3 Å². The third-order valence-corrected chi connectivity index (χ3v) is 15.1. The van der Waals surface area contributed by atoms with Crippen molar-refractivity contribution in [2.75, 3.05) is 35.4 Å². The Morgan fingerprint density at radius 3 is 2.32 bits per heavy atom. The molecule has 0 amide bonds. The minimum atomic E-state index is -0.627. The molecule has 4 heterocycles. The van der Waals surface area contributed by atoms with Crippen LogP contribution < -0.4 is 0 Å². The van der Waals surface area contributed by atoms with Gasteiger partial charge in [-0.25, -0.2) is 4.98 Å². The minimum Gasteiger partial charge on any atom is -0.462 e. The number of allylic oxidation sites excluding steroid dienone is 2. The van der Waals surface area contributed by atoms with Crippen LogP contribution in [0.3, 0.4) is 0 Å². The highest BCUT2D eigenvalue weighted by atomic mass is 32.1. The molecule has 12 nitrogen and oxygen atoms in total. The standard InChI is InChI=1S/C43H66N2O10S/c1-11-25-13-12-14-33(55-35-16-15-32(45(6)7)22(3)51-35)21(2)38(47)30-19-28-27-17-26(54-43-41(50-10)40(49-9)39(48-8)23(4)52-43)18-31(27)42-37(44-24(5)56-42)36(28)29(30)20-34(46)53-25/h19,21-23,25-29,31-33,35-36,39-41,43H,11-18,20H2,1-10H3/t21-,22-,23+,25+,26+,27+,28+,29-,31-,32+,33+,35+,36-,39+,40-,41-,43+/m1/s1. The number of rotatable bonds is 9. The summed E-state index contributed by atoms with van der Waals surface area (Å²) in [6, 6.07) is 0.326. The van der Waals surface area contributed by atoms with E-state index in [4.69, 9.17) is 42.9 Å². The van der Waals surface area contributed by atoms with Gasteiger partial charge in [0.1, 0.15) is 24.4 Å². The number of aromatic nitrogens is 1. The number of likely N-dealkylation sites (N-methyl/N-ethyl adjacent to an activating group) is 1. The van der Waals surface area contributed by atoms with E-state index in [1.807, 2.05) is 13.8 Å². The monoisotopic (exact) mass is 802 g/mol. The quantitative estimate of drug-likeness (QED) is 0.259. The summed E-state index contributed by atoms with van der Waals surface area (Å²) in [6.07, 6.45) is 5.75. The van der Waals surface area contributed by atoms with Gasteiger partial charge in [-0.2, -0.15) is 0 Å². The number of ketones is 1. The van der Waals surface area contributed by atoms with Crippen LogP contribution in [0.2, 0.25) is 0 Å². The van der Waals surface area contributed by atoms with Crippen molar-refractivity contribution in [2.24, 2.45) is 23.7 Å². The Labute approximate surface area is 337 Å². The molecular formula is C43H66N2O10S. The average Bonchev–Trinajstić information content (AvgIpc) is 3.87. The molecular weight excluding hydrogens is 737 g/mol. The molecule has 0 radical (unpaired) electrons. The summed E-state index contributed by atoms with van der Waals surface area (Å²) < 4.78 is 50.1. The maximum absolute atomic E-state index is 15.0. The predicted octanol–water partition coefficient (Wildman–Crippen LogP) is 6.33. The lowest BCUT2D eigenvalue weighted by atomic mass is 9.67. The summed E-state index contributed by atoms with van der Waals surface area (Å²) in [6.45, 7) is 10.2. The maximum atomic E-state index is 15.0. The Morgan fingerprint density at radius 1 is 0.893 bits per heavy atom. The van der Waals surface area contributed by atoms with Gasteiger partial charge in [-0.1, -0.05) is 19.9 Å². The SMILES string of the molecule is CC[C@H]1CCC[C@H](O[C@H]2CC[C@H](N(C)C)[C@@H](C)O2)[C@@H](C)C(=O)C2=C[C@H]3[C@@H]4C[C@H](O[C@@H]5O[C@@H](C)[C@H](OC)[C@@H](OC)[C@H]5OC)C[C@H]4c4sc(C)nc4[C@H]3[C@@H]2CC(=O)O1. The van der Waals surface area contributed by atoms with E-state index in [2.05, 4.69) is 45.8 Å². The maximum Gasteiger partial charge on any atom is 0.306 e. The van der Waals surface area contributed by atoms with E-state index < -0.39 is 18.3 Å². The van der Waals surface area contributed by atoms with E-state index >= 15 is 0 Å². The zero-order chi connectivity index (χ0) is 40.0. The summed E-state index contributed by atoms with van der Waals surface area (Å²) in [4.78, 5) is 37.4. The van der Waals surface area contributed by atoms with Crippen molar-refractivity contribution in [2.45, 2.75) is 172 Å². The highest BCUT2D eigenvalue weighted by Crippen LogP contribution is 2.62. The number of cyclic esters (lactones) is 1. The molecule has 7 rings (SSSR count).